The summed E-state index contributed by atoms with van der Waals surface area (Å²) in [5.74, 6) is 2.72. The molecule has 5 nitrogen and oxygen atoms in total. The van der Waals surface area contributed by atoms with Crippen LogP contribution in [0.1, 0.15) is 25.6 Å². The van der Waals surface area contributed by atoms with Crippen LogP contribution in [-0.2, 0) is 11.3 Å². The molecule has 0 radical (unpaired) electrons. The Kier molecular flexibility index (Phi) is 3.24. The highest BCUT2D eigenvalue weighted by atomic mass is 16.5. The minimum Gasteiger partial charge on any atom is -0.384 e. The molecule has 1 aromatic heterocycles. The fourth-order valence-electron chi connectivity index (χ4n) is 2.01. The van der Waals surface area contributed by atoms with Gasteiger partial charge in [-0.05, 0) is 18.8 Å². The van der Waals surface area contributed by atoms with Gasteiger partial charge in [-0.15, -0.1) is 0 Å². The van der Waals surface area contributed by atoms with Gasteiger partial charge in [0, 0.05) is 19.2 Å². The van der Waals surface area contributed by atoms with Crippen molar-refractivity contribution in [2.24, 2.45) is 5.92 Å². The van der Waals surface area contributed by atoms with E-state index in [2.05, 4.69) is 22.2 Å². The Morgan fingerprint density at radius 1 is 1.50 bits per heavy atom. The van der Waals surface area contributed by atoms with Gasteiger partial charge in [0.05, 0.1) is 0 Å². The zero-order chi connectivity index (χ0) is 11.5. The first-order valence-electron chi connectivity index (χ1n) is 5.56. The summed E-state index contributed by atoms with van der Waals surface area (Å²) in [5.41, 5.74) is 5.71. The van der Waals surface area contributed by atoms with Gasteiger partial charge in [0.15, 0.2) is 5.82 Å². The van der Waals surface area contributed by atoms with E-state index in [1.165, 1.54) is 12.8 Å². The lowest BCUT2D eigenvalue weighted by Crippen LogP contribution is -2.34. The van der Waals surface area contributed by atoms with E-state index in [1.807, 2.05) is 0 Å². The van der Waals surface area contributed by atoms with Crippen LogP contribution in [0.15, 0.2) is 6.07 Å². The van der Waals surface area contributed by atoms with E-state index in [0.29, 0.717) is 24.3 Å². The van der Waals surface area contributed by atoms with Crippen molar-refractivity contribution in [3.05, 3.63) is 11.9 Å². The predicted molar refractivity (Wildman–Crippen MR) is 63.0 cm³/mol. The van der Waals surface area contributed by atoms with Crippen LogP contribution in [0.25, 0.3) is 0 Å². The minimum absolute atomic E-state index is 0.390. The maximum atomic E-state index is 5.71. The number of methoxy groups -OCH3 is 1. The number of ether oxygens (including phenoxy) is 1. The molecular weight excluding hydrogens is 204 g/mol. The first-order valence-corrected chi connectivity index (χ1v) is 5.56. The molecule has 0 saturated heterocycles. The van der Waals surface area contributed by atoms with Crippen molar-refractivity contribution in [3.63, 3.8) is 0 Å². The first kappa shape index (κ1) is 11.1. The number of anilines is 2. The third kappa shape index (κ3) is 2.61. The Morgan fingerprint density at radius 3 is 2.88 bits per heavy atom. The topological polar surface area (TPSA) is 73.1 Å². The van der Waals surface area contributed by atoms with Crippen LogP contribution in [0.4, 0.5) is 11.6 Å². The van der Waals surface area contributed by atoms with Gasteiger partial charge >= 0.3 is 0 Å². The number of nitrogen functional groups attached to an aromatic ring is 1. The second-order valence-electron chi connectivity index (χ2n) is 4.45. The number of nitrogens with zero attached hydrogens (tertiary/aromatic N) is 2. The van der Waals surface area contributed by atoms with Crippen molar-refractivity contribution in [2.45, 2.75) is 32.4 Å². The Hall–Kier alpha value is -1.36. The summed E-state index contributed by atoms with van der Waals surface area (Å²) in [7, 11) is 1.62. The average Bonchev–Trinajstić information content (AvgIpc) is 2.15. The summed E-state index contributed by atoms with van der Waals surface area (Å²) >= 11 is 0. The summed E-state index contributed by atoms with van der Waals surface area (Å²) in [4.78, 5) is 8.43. The number of nitrogens with two attached hydrogens (primary N) is 1. The van der Waals surface area contributed by atoms with Crippen molar-refractivity contribution in [1.29, 1.82) is 0 Å². The van der Waals surface area contributed by atoms with Gasteiger partial charge in [0.1, 0.15) is 18.2 Å². The van der Waals surface area contributed by atoms with E-state index in [-0.39, 0.29) is 0 Å². The zero-order valence-corrected chi connectivity index (χ0v) is 9.73. The monoisotopic (exact) mass is 222 g/mol. The number of hydrogen-bond donors (Lipinski definition) is 2. The first-order chi connectivity index (χ1) is 7.67. The highest BCUT2D eigenvalue weighted by Gasteiger charge is 2.25. The quantitative estimate of drug-likeness (QED) is 0.806. The SMILES string of the molecule is COCc1nc(N)cc(NC2CC(C)C2)n1. The third-order valence-electron chi connectivity index (χ3n) is 2.79. The third-order valence-corrected chi connectivity index (χ3v) is 2.79. The summed E-state index contributed by atoms with van der Waals surface area (Å²) in [6, 6.07) is 2.29. The van der Waals surface area contributed by atoms with Gasteiger partial charge in [-0.3, -0.25) is 0 Å². The number of nitrogens with one attached hydrogen (secondary N) is 1. The molecule has 5 heteroatoms. The highest BCUT2D eigenvalue weighted by molar-refractivity contribution is 5.45. The van der Waals surface area contributed by atoms with Crippen molar-refractivity contribution in [3.8, 4) is 0 Å². The Morgan fingerprint density at radius 2 is 2.25 bits per heavy atom. The molecule has 88 valence electrons. The molecule has 3 N–H and O–H groups in total. The molecule has 0 bridgehead atoms. The van der Waals surface area contributed by atoms with Gasteiger partial charge in [-0.2, -0.15) is 0 Å². The number of hydrogen-bond acceptors (Lipinski definition) is 5. The minimum atomic E-state index is 0.390. The van der Waals surface area contributed by atoms with E-state index in [4.69, 9.17) is 10.5 Å². The molecule has 0 aliphatic heterocycles. The van der Waals surface area contributed by atoms with Gasteiger partial charge in [-0.1, -0.05) is 6.92 Å². The smallest absolute Gasteiger partial charge is 0.158 e. The van der Waals surface area contributed by atoms with Crippen LogP contribution in [0.5, 0.6) is 0 Å². The van der Waals surface area contributed by atoms with Crippen LogP contribution in [0.3, 0.4) is 0 Å². The van der Waals surface area contributed by atoms with Crippen LogP contribution < -0.4 is 11.1 Å². The van der Waals surface area contributed by atoms with E-state index in [9.17, 15) is 0 Å². The van der Waals surface area contributed by atoms with Crippen LogP contribution >= 0.6 is 0 Å². The van der Waals surface area contributed by atoms with Gasteiger partial charge < -0.3 is 15.8 Å². The Balaban J connectivity index is 2.02. The Labute approximate surface area is 95.4 Å². The molecule has 1 aromatic rings. The van der Waals surface area contributed by atoms with Crippen LogP contribution in [-0.4, -0.2) is 23.1 Å². The van der Waals surface area contributed by atoms with Crippen LogP contribution in [0, 0.1) is 5.92 Å². The van der Waals surface area contributed by atoms with Gasteiger partial charge in [-0.25, -0.2) is 9.97 Å². The molecule has 2 rings (SSSR count). The lowest BCUT2D eigenvalue weighted by molar-refractivity contribution is 0.178. The number of rotatable bonds is 4. The van der Waals surface area contributed by atoms with Gasteiger partial charge in [0.25, 0.3) is 0 Å². The molecule has 1 saturated carbocycles. The maximum absolute atomic E-state index is 5.71. The molecule has 1 aliphatic rings. The predicted octanol–water partition coefficient (Wildman–Crippen LogP) is 1.42. The standard InChI is InChI=1S/C11H18N4O/c1-7-3-8(4-7)13-10-5-9(12)14-11(15-10)6-16-2/h5,7-8H,3-4,6H2,1-2H3,(H3,12,13,14,15). The highest BCUT2D eigenvalue weighted by Crippen LogP contribution is 2.29. The molecule has 0 spiro atoms. The van der Waals surface area contributed by atoms with E-state index in [1.54, 1.807) is 13.2 Å². The molecular formula is C11H18N4O. The molecule has 0 unspecified atom stereocenters. The molecule has 0 amide bonds. The van der Waals surface area contributed by atoms with Crippen molar-refractivity contribution in [2.75, 3.05) is 18.2 Å². The fourth-order valence-corrected chi connectivity index (χ4v) is 2.01. The molecule has 0 aromatic carbocycles. The molecule has 1 heterocycles. The van der Waals surface area contributed by atoms with E-state index >= 15 is 0 Å². The summed E-state index contributed by atoms with van der Waals surface area (Å²) in [5, 5.41) is 3.36. The summed E-state index contributed by atoms with van der Waals surface area (Å²) in [6.07, 6.45) is 2.40. The molecule has 1 fully saturated rings. The van der Waals surface area contributed by atoms with Crippen LogP contribution in [0.2, 0.25) is 0 Å². The second kappa shape index (κ2) is 4.65. The van der Waals surface area contributed by atoms with E-state index < -0.39 is 0 Å². The number of aromatic nitrogens is 2. The van der Waals surface area contributed by atoms with Crippen molar-refractivity contribution >= 4 is 11.6 Å². The van der Waals surface area contributed by atoms with Crippen molar-refractivity contribution in [1.82, 2.24) is 9.97 Å². The fraction of sp³-hybridized carbons (Fsp3) is 0.636. The molecule has 1 aliphatic carbocycles. The lowest BCUT2D eigenvalue weighted by atomic mass is 9.82. The van der Waals surface area contributed by atoms with Gasteiger partial charge in [0.2, 0.25) is 0 Å². The summed E-state index contributed by atoms with van der Waals surface area (Å²) < 4.78 is 4.99. The molecule has 16 heavy (non-hydrogen) atoms. The normalized spacial score (nSPS) is 23.9. The average molecular weight is 222 g/mol. The van der Waals surface area contributed by atoms with Crippen molar-refractivity contribution < 1.29 is 4.74 Å². The lowest BCUT2D eigenvalue weighted by Gasteiger charge is -2.33. The largest absolute Gasteiger partial charge is 0.384 e. The van der Waals surface area contributed by atoms with E-state index in [0.717, 1.165) is 11.7 Å². The summed E-state index contributed by atoms with van der Waals surface area (Å²) in [6.45, 7) is 2.64. The maximum Gasteiger partial charge on any atom is 0.158 e. The Bertz CT molecular complexity index is 363. The molecule has 0 atom stereocenters. The second-order valence-corrected chi connectivity index (χ2v) is 4.45. The zero-order valence-electron chi connectivity index (χ0n) is 9.73.